The fourth-order valence-corrected chi connectivity index (χ4v) is 4.70. The van der Waals surface area contributed by atoms with Gasteiger partial charge in [-0.1, -0.05) is 0 Å². The van der Waals surface area contributed by atoms with E-state index in [9.17, 15) is 13.2 Å². The Morgan fingerprint density at radius 3 is 2.52 bits per heavy atom. The van der Waals surface area contributed by atoms with E-state index >= 15 is 0 Å². The topological polar surface area (TPSA) is 92.7 Å². The standard InChI is InChI=1S/C13H16BrNO5S/c1-13(4-6-20-7-5-13)15-21(18,19)11-3-2-9(12(16)17)8-10(11)14/h2-3,8,15H,4-7H2,1H3,(H,16,17). The normalized spacial score (nSPS) is 18.4. The van der Waals surface area contributed by atoms with Crippen LogP contribution in [0.15, 0.2) is 27.6 Å². The fourth-order valence-electron chi connectivity index (χ4n) is 2.16. The quantitative estimate of drug-likeness (QED) is 0.836. The summed E-state index contributed by atoms with van der Waals surface area (Å²) in [5.41, 5.74) is -0.528. The second-order valence-corrected chi connectivity index (χ2v) is 7.73. The molecule has 1 saturated heterocycles. The number of hydrogen-bond donors (Lipinski definition) is 2. The third kappa shape index (κ3) is 3.82. The Morgan fingerprint density at radius 1 is 1.38 bits per heavy atom. The Labute approximate surface area is 131 Å². The summed E-state index contributed by atoms with van der Waals surface area (Å²) in [6, 6.07) is 3.84. The number of halogens is 1. The van der Waals surface area contributed by atoms with E-state index in [1.54, 1.807) is 0 Å². The van der Waals surface area contributed by atoms with Gasteiger partial charge in [0.15, 0.2) is 0 Å². The predicted octanol–water partition coefficient (Wildman–Crippen LogP) is 1.99. The monoisotopic (exact) mass is 377 g/mol. The van der Waals surface area contributed by atoms with Crippen LogP contribution in [0, 0.1) is 0 Å². The average Bonchev–Trinajstić information content (AvgIpc) is 2.37. The van der Waals surface area contributed by atoms with E-state index in [2.05, 4.69) is 20.7 Å². The third-order valence-corrected chi connectivity index (χ3v) is 6.06. The Bertz CT molecular complexity index is 653. The van der Waals surface area contributed by atoms with Gasteiger partial charge in [-0.2, -0.15) is 0 Å². The van der Waals surface area contributed by atoms with Gasteiger partial charge in [0, 0.05) is 23.2 Å². The molecule has 116 valence electrons. The van der Waals surface area contributed by atoms with Crippen molar-refractivity contribution in [3.8, 4) is 0 Å². The van der Waals surface area contributed by atoms with Crippen LogP contribution in [0.3, 0.4) is 0 Å². The molecule has 0 aromatic heterocycles. The summed E-state index contributed by atoms with van der Waals surface area (Å²) in [6.07, 6.45) is 1.19. The van der Waals surface area contributed by atoms with Crippen LogP contribution in [0.25, 0.3) is 0 Å². The second kappa shape index (κ2) is 6.04. The molecule has 0 unspecified atom stereocenters. The minimum atomic E-state index is -3.74. The van der Waals surface area contributed by atoms with Crippen LogP contribution in [-0.2, 0) is 14.8 Å². The summed E-state index contributed by atoms with van der Waals surface area (Å²) in [4.78, 5) is 10.9. The maximum absolute atomic E-state index is 12.5. The molecule has 0 saturated carbocycles. The van der Waals surface area contributed by atoms with E-state index in [4.69, 9.17) is 9.84 Å². The van der Waals surface area contributed by atoms with Gasteiger partial charge in [0.25, 0.3) is 0 Å². The molecule has 2 N–H and O–H groups in total. The molecular formula is C13H16BrNO5S. The Kier molecular flexibility index (Phi) is 4.72. The van der Waals surface area contributed by atoms with Gasteiger partial charge in [0.2, 0.25) is 10.0 Å². The highest BCUT2D eigenvalue weighted by atomic mass is 79.9. The van der Waals surface area contributed by atoms with Crippen molar-refractivity contribution >= 4 is 31.9 Å². The van der Waals surface area contributed by atoms with Crippen molar-refractivity contribution in [2.45, 2.75) is 30.2 Å². The van der Waals surface area contributed by atoms with Crippen LogP contribution in [-0.4, -0.2) is 38.2 Å². The molecule has 21 heavy (non-hydrogen) atoms. The first-order valence-electron chi connectivity index (χ1n) is 6.38. The van der Waals surface area contributed by atoms with Crippen molar-refractivity contribution in [1.82, 2.24) is 4.72 Å². The van der Waals surface area contributed by atoms with Gasteiger partial charge in [-0.05, 0) is 53.9 Å². The van der Waals surface area contributed by atoms with Crippen LogP contribution in [0.5, 0.6) is 0 Å². The molecule has 0 bridgehead atoms. The van der Waals surface area contributed by atoms with Crippen LogP contribution in [0.2, 0.25) is 0 Å². The Hall–Kier alpha value is -0.960. The van der Waals surface area contributed by atoms with E-state index in [-0.39, 0.29) is 14.9 Å². The highest BCUT2D eigenvalue weighted by Crippen LogP contribution is 2.27. The number of sulfonamides is 1. The van der Waals surface area contributed by atoms with Gasteiger partial charge in [0.1, 0.15) is 0 Å². The van der Waals surface area contributed by atoms with Crippen molar-refractivity contribution in [3.05, 3.63) is 28.2 Å². The minimum absolute atomic E-state index is 0.0260. The van der Waals surface area contributed by atoms with Crippen LogP contribution in [0.1, 0.15) is 30.1 Å². The molecule has 1 aromatic carbocycles. The van der Waals surface area contributed by atoms with Gasteiger partial charge in [-0.25, -0.2) is 17.9 Å². The van der Waals surface area contributed by atoms with E-state index in [0.717, 1.165) is 0 Å². The second-order valence-electron chi connectivity index (χ2n) is 5.23. The van der Waals surface area contributed by atoms with Crippen molar-refractivity contribution in [2.24, 2.45) is 0 Å². The van der Waals surface area contributed by atoms with Crippen LogP contribution in [0.4, 0.5) is 0 Å². The number of hydrogen-bond acceptors (Lipinski definition) is 4. The lowest BCUT2D eigenvalue weighted by Gasteiger charge is -2.34. The summed E-state index contributed by atoms with van der Waals surface area (Å²) in [5, 5.41) is 8.91. The summed E-state index contributed by atoms with van der Waals surface area (Å²) in [7, 11) is -3.74. The first-order valence-corrected chi connectivity index (χ1v) is 8.66. The van der Waals surface area contributed by atoms with Crippen molar-refractivity contribution in [3.63, 3.8) is 0 Å². The predicted molar refractivity (Wildman–Crippen MR) is 79.9 cm³/mol. The van der Waals surface area contributed by atoms with E-state index in [0.29, 0.717) is 26.1 Å². The fraction of sp³-hybridized carbons (Fsp3) is 0.462. The Morgan fingerprint density at radius 2 is 2.00 bits per heavy atom. The zero-order valence-electron chi connectivity index (χ0n) is 11.4. The first-order chi connectivity index (χ1) is 9.73. The maximum Gasteiger partial charge on any atom is 0.335 e. The average molecular weight is 378 g/mol. The molecular weight excluding hydrogens is 362 g/mol. The molecule has 2 rings (SSSR count). The number of ether oxygens (including phenoxy) is 1. The zero-order chi connectivity index (χ0) is 15.7. The summed E-state index contributed by atoms with van der Waals surface area (Å²) < 4.78 is 33.1. The molecule has 1 aliphatic heterocycles. The molecule has 1 aromatic rings. The maximum atomic E-state index is 12.5. The molecule has 0 amide bonds. The highest BCUT2D eigenvalue weighted by Gasteiger charge is 2.33. The summed E-state index contributed by atoms with van der Waals surface area (Å²) in [5.74, 6) is -1.11. The molecule has 8 heteroatoms. The van der Waals surface area contributed by atoms with Crippen molar-refractivity contribution in [1.29, 1.82) is 0 Å². The zero-order valence-corrected chi connectivity index (χ0v) is 13.8. The number of carboxylic acid groups (broad SMARTS) is 1. The minimum Gasteiger partial charge on any atom is -0.478 e. The first kappa shape index (κ1) is 16.4. The lowest BCUT2D eigenvalue weighted by Crippen LogP contribution is -2.49. The molecule has 0 spiro atoms. The van der Waals surface area contributed by atoms with E-state index < -0.39 is 21.5 Å². The number of carboxylic acids is 1. The number of carbonyl (C=O) groups is 1. The largest absolute Gasteiger partial charge is 0.478 e. The van der Waals surface area contributed by atoms with Crippen LogP contribution < -0.4 is 4.72 Å². The number of benzene rings is 1. The van der Waals surface area contributed by atoms with Gasteiger partial charge in [0.05, 0.1) is 10.5 Å². The number of rotatable bonds is 4. The Balaban J connectivity index is 2.29. The van der Waals surface area contributed by atoms with Gasteiger partial charge in [-0.3, -0.25) is 0 Å². The molecule has 0 radical (unpaired) electrons. The van der Waals surface area contributed by atoms with Crippen LogP contribution >= 0.6 is 15.9 Å². The van der Waals surface area contributed by atoms with E-state index in [1.807, 2.05) is 6.92 Å². The van der Waals surface area contributed by atoms with Gasteiger partial charge < -0.3 is 9.84 Å². The summed E-state index contributed by atoms with van der Waals surface area (Å²) in [6.45, 7) is 2.86. The number of nitrogens with one attached hydrogen (secondary N) is 1. The molecule has 0 atom stereocenters. The smallest absolute Gasteiger partial charge is 0.335 e. The lowest BCUT2D eigenvalue weighted by molar-refractivity contribution is 0.0537. The molecule has 1 aliphatic rings. The van der Waals surface area contributed by atoms with Crippen molar-refractivity contribution in [2.75, 3.05) is 13.2 Å². The summed E-state index contributed by atoms with van der Waals surface area (Å²) >= 11 is 3.13. The molecule has 1 heterocycles. The molecule has 0 aliphatic carbocycles. The third-order valence-electron chi connectivity index (χ3n) is 3.45. The molecule has 6 nitrogen and oxygen atoms in total. The van der Waals surface area contributed by atoms with Gasteiger partial charge >= 0.3 is 5.97 Å². The van der Waals surface area contributed by atoms with Crippen molar-refractivity contribution < 1.29 is 23.1 Å². The molecule has 1 fully saturated rings. The van der Waals surface area contributed by atoms with Gasteiger partial charge in [-0.15, -0.1) is 0 Å². The lowest BCUT2D eigenvalue weighted by atomic mass is 9.94. The SMILES string of the molecule is CC1(NS(=O)(=O)c2ccc(C(=O)O)cc2Br)CCOCC1. The number of aromatic carboxylic acids is 1. The highest BCUT2D eigenvalue weighted by molar-refractivity contribution is 9.10. The van der Waals surface area contributed by atoms with E-state index in [1.165, 1.54) is 18.2 Å².